The number of carbonyl (C=O) groups is 1. The van der Waals surface area contributed by atoms with E-state index in [2.05, 4.69) is 15.3 Å². The lowest BCUT2D eigenvalue weighted by molar-refractivity contribution is -0.142. The molecule has 0 saturated carbocycles. The molecule has 0 bridgehead atoms. The van der Waals surface area contributed by atoms with Crippen molar-refractivity contribution in [2.75, 3.05) is 6.61 Å². The van der Waals surface area contributed by atoms with Gasteiger partial charge in [0, 0.05) is 0 Å². The number of rotatable bonds is 6. The van der Waals surface area contributed by atoms with Gasteiger partial charge in [0.2, 0.25) is 0 Å². The maximum absolute atomic E-state index is 10.2. The number of aliphatic carboxylic acids is 1. The Morgan fingerprint density at radius 3 is 2.94 bits per heavy atom. The number of ether oxygens (including phenoxy) is 1. The van der Waals surface area contributed by atoms with Crippen molar-refractivity contribution in [3.05, 3.63) is 29.6 Å². The minimum atomic E-state index is -1.01. The molecular formula is C9H12N4O3. The smallest absolute Gasteiger partial charge is 0.329 e. The van der Waals surface area contributed by atoms with E-state index in [4.69, 9.17) is 15.7 Å². The van der Waals surface area contributed by atoms with E-state index in [1.54, 1.807) is 18.2 Å². The molecule has 1 aromatic heterocycles. The van der Waals surface area contributed by atoms with Gasteiger partial charge in [-0.2, -0.15) is 5.11 Å². The van der Waals surface area contributed by atoms with Crippen LogP contribution in [0.25, 0.3) is 0 Å². The number of hydrogen-bond donors (Lipinski definition) is 2. The van der Waals surface area contributed by atoms with Gasteiger partial charge in [0.1, 0.15) is 13.2 Å². The summed E-state index contributed by atoms with van der Waals surface area (Å²) in [5, 5.41) is 15.1. The molecule has 0 radical (unpaired) electrons. The maximum Gasteiger partial charge on any atom is 0.329 e. The van der Waals surface area contributed by atoms with E-state index >= 15 is 0 Å². The zero-order valence-electron chi connectivity index (χ0n) is 8.54. The molecule has 1 heterocycles. The first-order chi connectivity index (χ1) is 7.72. The average Bonchev–Trinajstić information content (AvgIpc) is 2.26. The summed E-state index contributed by atoms with van der Waals surface area (Å²) in [6.07, 6.45) is 0. The van der Waals surface area contributed by atoms with Crippen molar-refractivity contribution in [1.29, 1.82) is 0 Å². The highest BCUT2D eigenvalue weighted by molar-refractivity contribution is 5.67. The Kier molecular flexibility index (Phi) is 4.87. The third-order valence-electron chi connectivity index (χ3n) is 1.65. The topological polar surface area (TPSA) is 110 Å². The van der Waals surface area contributed by atoms with E-state index in [-0.39, 0.29) is 13.2 Å². The summed E-state index contributed by atoms with van der Waals surface area (Å²) in [5.41, 5.74) is 1.34. The molecule has 7 heteroatoms. The van der Waals surface area contributed by atoms with Crippen molar-refractivity contribution in [2.45, 2.75) is 13.2 Å². The largest absolute Gasteiger partial charge is 0.480 e. The number of aromatic nitrogens is 1. The van der Waals surface area contributed by atoms with E-state index < -0.39 is 5.97 Å². The summed E-state index contributed by atoms with van der Waals surface area (Å²) in [6, 6.07) is 5.30. The van der Waals surface area contributed by atoms with Crippen molar-refractivity contribution in [1.82, 2.24) is 4.98 Å². The van der Waals surface area contributed by atoms with Gasteiger partial charge in [0.25, 0.3) is 0 Å². The number of hydrogen-bond acceptors (Lipinski definition) is 5. The number of pyridine rings is 1. The highest BCUT2D eigenvalue weighted by atomic mass is 16.5. The second-order valence-corrected chi connectivity index (χ2v) is 2.92. The van der Waals surface area contributed by atoms with Crippen molar-refractivity contribution in [3.8, 4) is 0 Å². The van der Waals surface area contributed by atoms with Crippen LogP contribution < -0.4 is 5.84 Å². The lowest BCUT2D eigenvalue weighted by Crippen LogP contribution is -2.07. The molecule has 0 aromatic carbocycles. The SMILES string of the molecule is NN=NCc1cccc(COCC(=O)O)n1. The number of nitrogens with two attached hydrogens (primary N) is 1. The summed E-state index contributed by atoms with van der Waals surface area (Å²) >= 11 is 0. The second kappa shape index (κ2) is 6.46. The van der Waals surface area contributed by atoms with E-state index in [9.17, 15) is 4.79 Å². The minimum absolute atomic E-state index is 0.153. The van der Waals surface area contributed by atoms with Crippen LogP contribution >= 0.6 is 0 Å². The van der Waals surface area contributed by atoms with Gasteiger partial charge in [-0.1, -0.05) is 11.3 Å². The fourth-order valence-corrected chi connectivity index (χ4v) is 1.05. The normalized spacial score (nSPS) is 10.8. The zero-order chi connectivity index (χ0) is 11.8. The first-order valence-electron chi connectivity index (χ1n) is 4.53. The molecule has 1 aromatic rings. The predicted molar refractivity (Wildman–Crippen MR) is 54.3 cm³/mol. The number of nitrogens with zero attached hydrogens (tertiary/aromatic N) is 3. The highest BCUT2D eigenvalue weighted by Gasteiger charge is 2.00. The molecule has 0 saturated heterocycles. The minimum Gasteiger partial charge on any atom is -0.480 e. The first kappa shape index (κ1) is 12.1. The second-order valence-electron chi connectivity index (χ2n) is 2.92. The van der Waals surface area contributed by atoms with E-state index in [1.807, 2.05) is 0 Å². The van der Waals surface area contributed by atoms with E-state index in [1.165, 1.54) is 0 Å². The molecule has 0 atom stereocenters. The molecule has 1 rings (SSSR count). The lowest BCUT2D eigenvalue weighted by Gasteiger charge is -2.02. The number of carboxylic acid groups (broad SMARTS) is 1. The summed E-state index contributed by atoms with van der Waals surface area (Å²) < 4.78 is 4.90. The third-order valence-corrected chi connectivity index (χ3v) is 1.65. The molecule has 7 nitrogen and oxygen atoms in total. The maximum atomic E-state index is 10.2. The van der Waals surface area contributed by atoms with Crippen LogP contribution in [0.4, 0.5) is 0 Å². The van der Waals surface area contributed by atoms with Crippen molar-refractivity contribution in [3.63, 3.8) is 0 Å². The first-order valence-corrected chi connectivity index (χ1v) is 4.53. The Morgan fingerprint density at radius 1 is 1.50 bits per heavy atom. The monoisotopic (exact) mass is 224 g/mol. The van der Waals surface area contributed by atoms with E-state index in [0.717, 1.165) is 0 Å². The van der Waals surface area contributed by atoms with Gasteiger partial charge < -0.3 is 15.7 Å². The molecular weight excluding hydrogens is 212 g/mol. The summed E-state index contributed by atoms with van der Waals surface area (Å²) in [4.78, 5) is 14.4. The molecule has 86 valence electrons. The van der Waals surface area contributed by atoms with Crippen LogP contribution in [0.15, 0.2) is 28.5 Å². The van der Waals surface area contributed by atoms with Gasteiger partial charge >= 0.3 is 5.97 Å². The Balaban J connectivity index is 2.50. The van der Waals surface area contributed by atoms with E-state index in [0.29, 0.717) is 17.9 Å². The van der Waals surface area contributed by atoms with Crippen molar-refractivity contribution >= 4 is 5.97 Å². The molecule has 0 fully saturated rings. The van der Waals surface area contributed by atoms with Crippen LogP contribution in [0.2, 0.25) is 0 Å². The lowest BCUT2D eigenvalue weighted by atomic mass is 10.3. The third kappa shape index (κ3) is 4.47. The molecule has 16 heavy (non-hydrogen) atoms. The molecule has 3 N–H and O–H groups in total. The standard InChI is InChI=1S/C9H12N4O3/c10-13-11-4-7-2-1-3-8(12-7)5-16-6-9(14)15/h1-3H,4-6H2,(H2,10,11)(H,14,15). The quantitative estimate of drug-likeness (QED) is 0.415. The van der Waals surface area contributed by atoms with Crippen LogP contribution in [-0.2, 0) is 22.7 Å². The molecule has 0 aliphatic rings. The zero-order valence-corrected chi connectivity index (χ0v) is 8.54. The van der Waals surface area contributed by atoms with Gasteiger partial charge in [-0.15, -0.1) is 0 Å². The van der Waals surface area contributed by atoms with Crippen LogP contribution in [-0.4, -0.2) is 22.7 Å². The highest BCUT2D eigenvalue weighted by Crippen LogP contribution is 2.02. The molecule has 0 unspecified atom stereocenters. The van der Waals surface area contributed by atoms with Crippen LogP contribution in [0.1, 0.15) is 11.4 Å². The summed E-state index contributed by atoms with van der Waals surface area (Å²) in [7, 11) is 0. The van der Waals surface area contributed by atoms with Gasteiger partial charge in [0.05, 0.1) is 18.0 Å². The molecule has 0 amide bonds. The van der Waals surface area contributed by atoms with Gasteiger partial charge in [-0.05, 0) is 12.1 Å². The summed E-state index contributed by atoms with van der Waals surface area (Å²) in [6.45, 7) is 0.109. The Bertz CT molecular complexity index is 381. The van der Waals surface area contributed by atoms with Crippen molar-refractivity contribution in [2.24, 2.45) is 16.2 Å². The molecule has 0 aliphatic heterocycles. The Morgan fingerprint density at radius 2 is 2.25 bits per heavy atom. The Labute approximate surface area is 91.9 Å². The fraction of sp³-hybridized carbons (Fsp3) is 0.333. The van der Waals surface area contributed by atoms with Crippen molar-refractivity contribution < 1.29 is 14.6 Å². The Hall–Kier alpha value is -2.02. The predicted octanol–water partition coefficient (Wildman–Crippen LogP) is 0.509. The molecule has 0 spiro atoms. The number of carboxylic acids is 1. The van der Waals surface area contributed by atoms with Gasteiger partial charge in [-0.25, -0.2) is 4.79 Å². The van der Waals surface area contributed by atoms with Gasteiger partial charge in [-0.3, -0.25) is 4.98 Å². The van der Waals surface area contributed by atoms with Crippen LogP contribution in [0, 0.1) is 0 Å². The van der Waals surface area contributed by atoms with Crippen LogP contribution in [0.3, 0.4) is 0 Å². The fourth-order valence-electron chi connectivity index (χ4n) is 1.05. The summed E-state index contributed by atoms with van der Waals surface area (Å²) in [5.74, 6) is 3.86. The molecule has 0 aliphatic carbocycles. The van der Waals surface area contributed by atoms with Gasteiger partial charge in [0.15, 0.2) is 0 Å². The van der Waals surface area contributed by atoms with Crippen LogP contribution in [0.5, 0.6) is 0 Å². The average molecular weight is 224 g/mol.